The second kappa shape index (κ2) is 7.66. The first-order valence-corrected chi connectivity index (χ1v) is 10.7. The van der Waals surface area contributed by atoms with Crippen molar-refractivity contribution in [3.8, 4) is 22.6 Å². The zero-order chi connectivity index (χ0) is 20.4. The number of hydrogen-bond acceptors (Lipinski definition) is 4. The van der Waals surface area contributed by atoms with Crippen LogP contribution in [0.3, 0.4) is 0 Å². The molecule has 0 amide bonds. The third kappa shape index (κ3) is 4.13. The van der Waals surface area contributed by atoms with E-state index < -0.39 is 10.0 Å². The van der Waals surface area contributed by atoms with E-state index in [2.05, 4.69) is 0 Å². The van der Waals surface area contributed by atoms with Crippen molar-refractivity contribution in [1.82, 2.24) is 4.98 Å². The smallest absolute Gasteiger partial charge is 0.238 e. The fraction of sp³-hybridized carbons (Fsp3) is 0.0870. The first kappa shape index (κ1) is 19.1. The quantitative estimate of drug-likeness (QED) is 0.528. The maximum Gasteiger partial charge on any atom is 0.238 e. The Balaban J connectivity index is 1.82. The number of benzene rings is 3. The lowest BCUT2D eigenvalue weighted by Crippen LogP contribution is -2.11. The van der Waals surface area contributed by atoms with Crippen LogP contribution in [0.2, 0.25) is 0 Å². The minimum absolute atomic E-state index is 0.0618. The Kier molecular flexibility index (Phi) is 5.05. The molecule has 5 nitrogen and oxygen atoms in total. The molecular weight excluding hydrogens is 384 g/mol. The van der Waals surface area contributed by atoms with Gasteiger partial charge in [0, 0.05) is 17.5 Å². The van der Waals surface area contributed by atoms with Crippen LogP contribution in [0.1, 0.15) is 17.0 Å². The van der Waals surface area contributed by atoms with Crippen LogP contribution in [0, 0.1) is 6.92 Å². The summed E-state index contributed by atoms with van der Waals surface area (Å²) >= 11 is 0. The van der Waals surface area contributed by atoms with Gasteiger partial charge >= 0.3 is 0 Å². The molecular formula is C23H20N2O3S. The van der Waals surface area contributed by atoms with Gasteiger partial charge in [-0.15, -0.1) is 0 Å². The molecule has 1 aromatic heterocycles. The Morgan fingerprint density at radius 1 is 0.897 bits per heavy atom. The minimum Gasteiger partial charge on any atom is -0.440 e. The molecule has 3 aromatic carbocycles. The number of aryl methyl sites for hydroxylation is 1. The number of oxazole rings is 1. The summed E-state index contributed by atoms with van der Waals surface area (Å²) in [5, 5.41) is 5.21. The highest BCUT2D eigenvalue weighted by atomic mass is 32.2. The van der Waals surface area contributed by atoms with E-state index in [4.69, 9.17) is 14.5 Å². The molecule has 0 saturated carbocycles. The molecule has 0 aliphatic rings. The van der Waals surface area contributed by atoms with Crippen molar-refractivity contribution in [2.24, 2.45) is 5.14 Å². The van der Waals surface area contributed by atoms with E-state index in [9.17, 15) is 8.42 Å². The van der Waals surface area contributed by atoms with Crippen molar-refractivity contribution in [3.63, 3.8) is 0 Å². The number of sulfonamides is 1. The van der Waals surface area contributed by atoms with E-state index in [1.807, 2.05) is 61.5 Å². The number of aromatic nitrogens is 1. The monoisotopic (exact) mass is 404 g/mol. The van der Waals surface area contributed by atoms with Crippen molar-refractivity contribution in [2.75, 3.05) is 0 Å². The van der Waals surface area contributed by atoms with Gasteiger partial charge in [-0.25, -0.2) is 18.5 Å². The van der Waals surface area contributed by atoms with Gasteiger partial charge in [-0.3, -0.25) is 0 Å². The molecule has 6 heteroatoms. The second-order valence-corrected chi connectivity index (χ2v) is 8.39. The predicted octanol–water partition coefficient (Wildman–Crippen LogP) is 4.56. The number of nitrogens with zero attached hydrogens (tertiary/aromatic N) is 1. The molecule has 2 N–H and O–H groups in total. The summed E-state index contributed by atoms with van der Waals surface area (Å²) < 4.78 is 29.3. The molecule has 1 heterocycles. The average Bonchev–Trinajstić information content (AvgIpc) is 3.12. The average molecular weight is 404 g/mol. The van der Waals surface area contributed by atoms with Gasteiger partial charge < -0.3 is 4.42 Å². The molecule has 0 spiro atoms. The van der Waals surface area contributed by atoms with Crippen LogP contribution in [-0.4, -0.2) is 13.4 Å². The van der Waals surface area contributed by atoms with Gasteiger partial charge in [0.1, 0.15) is 5.69 Å². The highest BCUT2D eigenvalue weighted by molar-refractivity contribution is 7.89. The Morgan fingerprint density at radius 3 is 2.21 bits per heavy atom. The second-order valence-electron chi connectivity index (χ2n) is 6.83. The third-order valence-corrected chi connectivity index (χ3v) is 5.64. The van der Waals surface area contributed by atoms with Gasteiger partial charge in [-0.1, -0.05) is 66.7 Å². The van der Waals surface area contributed by atoms with Crippen LogP contribution >= 0.6 is 0 Å². The van der Waals surface area contributed by atoms with Crippen LogP contribution in [0.15, 0.2) is 88.2 Å². The molecule has 0 aliphatic carbocycles. The van der Waals surface area contributed by atoms with Crippen molar-refractivity contribution >= 4 is 10.0 Å². The lowest BCUT2D eigenvalue weighted by molar-refractivity contribution is 0.519. The first-order valence-electron chi connectivity index (χ1n) is 9.15. The summed E-state index contributed by atoms with van der Waals surface area (Å²) in [6, 6.07) is 24.3. The van der Waals surface area contributed by atoms with E-state index in [1.165, 1.54) is 12.1 Å². The number of primary sulfonamides is 1. The van der Waals surface area contributed by atoms with Gasteiger partial charge in [0.25, 0.3) is 0 Å². The van der Waals surface area contributed by atoms with E-state index in [0.29, 0.717) is 23.8 Å². The van der Waals surface area contributed by atoms with Crippen LogP contribution in [0.5, 0.6) is 0 Å². The molecule has 0 unspecified atom stereocenters. The zero-order valence-corrected chi connectivity index (χ0v) is 16.7. The van der Waals surface area contributed by atoms with Gasteiger partial charge in [0.2, 0.25) is 10.0 Å². The van der Waals surface area contributed by atoms with Crippen molar-refractivity contribution in [3.05, 3.63) is 95.9 Å². The largest absolute Gasteiger partial charge is 0.440 e. The van der Waals surface area contributed by atoms with Crippen LogP contribution in [0.4, 0.5) is 0 Å². The zero-order valence-electron chi connectivity index (χ0n) is 15.9. The Hall–Kier alpha value is -3.22. The van der Waals surface area contributed by atoms with Crippen LogP contribution in [-0.2, 0) is 16.4 Å². The fourth-order valence-electron chi connectivity index (χ4n) is 3.22. The maximum absolute atomic E-state index is 11.6. The molecule has 146 valence electrons. The maximum atomic E-state index is 11.6. The van der Waals surface area contributed by atoms with E-state index in [0.717, 1.165) is 22.3 Å². The lowest BCUT2D eigenvalue weighted by Gasteiger charge is -2.05. The van der Waals surface area contributed by atoms with Gasteiger partial charge in [-0.05, 0) is 30.2 Å². The summed E-state index contributed by atoms with van der Waals surface area (Å²) in [5.74, 6) is 1.26. The van der Waals surface area contributed by atoms with Gasteiger partial charge in [0.15, 0.2) is 11.7 Å². The molecule has 0 fully saturated rings. The van der Waals surface area contributed by atoms with E-state index in [1.54, 1.807) is 12.1 Å². The van der Waals surface area contributed by atoms with Gasteiger partial charge in [0.05, 0.1) is 4.90 Å². The standard InChI is InChI=1S/C23H20N2O3S/c1-16-7-5-6-10-20(16)23-22(18-11-13-19(14-12-18)29(24,26)27)25-21(28-23)15-17-8-3-2-4-9-17/h2-14H,15H2,1H3,(H2,24,26,27). The molecule has 0 saturated heterocycles. The minimum atomic E-state index is -3.75. The number of rotatable bonds is 5. The highest BCUT2D eigenvalue weighted by Crippen LogP contribution is 2.35. The number of hydrogen-bond donors (Lipinski definition) is 1. The summed E-state index contributed by atoms with van der Waals surface area (Å²) in [5.41, 5.74) is 4.55. The van der Waals surface area contributed by atoms with Crippen LogP contribution < -0.4 is 5.14 Å². The summed E-state index contributed by atoms with van der Waals surface area (Å²) in [6.45, 7) is 2.02. The molecule has 0 atom stereocenters. The van der Waals surface area contributed by atoms with Gasteiger partial charge in [-0.2, -0.15) is 0 Å². The fourth-order valence-corrected chi connectivity index (χ4v) is 3.73. The summed E-state index contributed by atoms with van der Waals surface area (Å²) in [6.07, 6.45) is 0.564. The normalized spacial score (nSPS) is 11.5. The predicted molar refractivity (Wildman–Crippen MR) is 113 cm³/mol. The lowest BCUT2D eigenvalue weighted by atomic mass is 10.0. The topological polar surface area (TPSA) is 86.2 Å². The van der Waals surface area contributed by atoms with Crippen molar-refractivity contribution in [2.45, 2.75) is 18.2 Å². The Labute approximate surface area is 169 Å². The summed E-state index contributed by atoms with van der Waals surface area (Å²) in [7, 11) is -3.75. The highest BCUT2D eigenvalue weighted by Gasteiger charge is 2.19. The summed E-state index contributed by atoms with van der Waals surface area (Å²) in [4.78, 5) is 4.80. The first-order chi connectivity index (χ1) is 13.9. The van der Waals surface area contributed by atoms with E-state index in [-0.39, 0.29) is 4.90 Å². The number of nitrogens with two attached hydrogens (primary N) is 1. The van der Waals surface area contributed by atoms with Crippen LogP contribution in [0.25, 0.3) is 22.6 Å². The molecule has 0 bridgehead atoms. The molecule has 4 rings (SSSR count). The molecule has 4 aromatic rings. The molecule has 0 aliphatic heterocycles. The Morgan fingerprint density at radius 2 is 1.55 bits per heavy atom. The van der Waals surface area contributed by atoms with Crippen molar-refractivity contribution in [1.29, 1.82) is 0 Å². The Bertz CT molecular complexity index is 1250. The molecule has 0 radical (unpaired) electrons. The van der Waals surface area contributed by atoms with E-state index >= 15 is 0 Å². The van der Waals surface area contributed by atoms with Crippen molar-refractivity contribution < 1.29 is 12.8 Å². The third-order valence-electron chi connectivity index (χ3n) is 4.72. The molecule has 29 heavy (non-hydrogen) atoms. The SMILES string of the molecule is Cc1ccccc1-c1oc(Cc2ccccc2)nc1-c1ccc(S(N)(=O)=O)cc1.